The van der Waals surface area contributed by atoms with Gasteiger partial charge in [-0.1, -0.05) is 33.8 Å². The number of aromatic nitrogens is 5. The van der Waals surface area contributed by atoms with Crippen LogP contribution in [0.2, 0.25) is 0 Å². The number of benzene rings is 2. The van der Waals surface area contributed by atoms with Gasteiger partial charge < -0.3 is 49.2 Å². The number of nitrogens with zero attached hydrogens (tertiary/aromatic N) is 5. The monoisotopic (exact) mass is 819 g/mol. The average Bonchev–Trinajstić information content (AvgIpc) is 4.10. The van der Waals surface area contributed by atoms with E-state index in [1.807, 2.05) is 51.7 Å². The van der Waals surface area contributed by atoms with E-state index in [1.54, 1.807) is 11.1 Å². The largest absolute Gasteiger partial charge is 0.472 e. The van der Waals surface area contributed by atoms with Gasteiger partial charge in [0.2, 0.25) is 11.8 Å². The molecule has 0 bridgehead atoms. The molecule has 0 unspecified atom stereocenters. The van der Waals surface area contributed by atoms with E-state index in [9.17, 15) is 19.2 Å². The normalized spacial score (nSPS) is 18.3. The lowest BCUT2D eigenvalue weighted by Crippen LogP contribution is -2.51. The zero-order valence-corrected chi connectivity index (χ0v) is 35.1. The number of alkyl carbamates (subject to hydrolysis) is 2. The van der Waals surface area contributed by atoms with Crippen LogP contribution in [0.1, 0.15) is 82.7 Å². The van der Waals surface area contributed by atoms with Crippen molar-refractivity contribution in [3.8, 4) is 39.7 Å². The molecule has 16 heteroatoms. The standard InChI is InChI=1S/C44H53N9O7/c1-23(2)36(49-43(56)58-6)41(54)51-16-8-10-32(51)38-25(5)46-39(48-38)27-13-15-31-28(18-27)19-34-29-14-12-26(20-35(29)60-22-53(31)34)30-21-45-40(47-30)33-11-9-17-52(33)42(55)37(24(3)4)50-44(57)59-7/h12-15,18-21,23-24,32-33,36-37H,8-11,16-17,22H2,1-7H3,(H,45,47)(H,46,48)(H,49,56)(H,50,57)/t32-,33-,36-,37-/m0/s1. The maximum absolute atomic E-state index is 13.8. The van der Waals surface area contributed by atoms with Gasteiger partial charge in [0.25, 0.3) is 0 Å². The summed E-state index contributed by atoms with van der Waals surface area (Å²) in [4.78, 5) is 71.9. The lowest BCUT2D eigenvalue weighted by atomic mass is 10.0. The zero-order valence-electron chi connectivity index (χ0n) is 35.1. The van der Waals surface area contributed by atoms with Gasteiger partial charge >= 0.3 is 12.2 Å². The lowest BCUT2D eigenvalue weighted by molar-refractivity contribution is -0.136. The number of aromatic amines is 2. The molecular weight excluding hydrogens is 767 g/mol. The topological polar surface area (TPSA) is 189 Å². The number of likely N-dealkylation sites (tertiary alicyclic amines) is 2. The molecule has 3 aliphatic heterocycles. The van der Waals surface area contributed by atoms with E-state index in [0.29, 0.717) is 25.6 Å². The number of ether oxygens (including phenoxy) is 3. The van der Waals surface area contributed by atoms with Gasteiger partial charge in [0, 0.05) is 40.9 Å². The Labute approximate surface area is 348 Å². The maximum Gasteiger partial charge on any atom is 0.407 e. The minimum Gasteiger partial charge on any atom is -0.472 e. The molecule has 6 heterocycles. The fourth-order valence-electron chi connectivity index (χ4n) is 8.91. The molecule has 316 valence electrons. The quantitative estimate of drug-likeness (QED) is 0.117. The summed E-state index contributed by atoms with van der Waals surface area (Å²) in [5.41, 5.74) is 7.43. The molecule has 0 radical (unpaired) electrons. The fraction of sp³-hybridized carbons (Fsp3) is 0.455. The van der Waals surface area contributed by atoms with Gasteiger partial charge in [-0.25, -0.2) is 19.6 Å². The number of rotatable bonds is 10. The minimum absolute atomic E-state index is 0.116. The molecule has 8 rings (SSSR count). The number of H-pyrrole nitrogens is 2. The number of fused-ring (bicyclic) bond motifs is 5. The summed E-state index contributed by atoms with van der Waals surface area (Å²) in [5.74, 6) is 1.66. The smallest absolute Gasteiger partial charge is 0.407 e. The summed E-state index contributed by atoms with van der Waals surface area (Å²) >= 11 is 0. The molecule has 60 heavy (non-hydrogen) atoms. The predicted octanol–water partition coefficient (Wildman–Crippen LogP) is 6.84. The molecule has 2 saturated heterocycles. The Hall–Kier alpha value is -6.32. The predicted molar refractivity (Wildman–Crippen MR) is 224 cm³/mol. The van der Waals surface area contributed by atoms with Crippen LogP contribution in [0, 0.1) is 18.8 Å². The second-order valence-electron chi connectivity index (χ2n) is 16.6. The first-order valence-electron chi connectivity index (χ1n) is 20.7. The molecule has 16 nitrogen and oxygen atoms in total. The Morgan fingerprint density at radius 1 is 0.817 bits per heavy atom. The summed E-state index contributed by atoms with van der Waals surface area (Å²) in [6.07, 6.45) is 3.76. The molecule has 4 atom stereocenters. The first-order chi connectivity index (χ1) is 28.9. The molecule has 3 aliphatic rings. The van der Waals surface area contributed by atoms with E-state index in [-0.39, 0.29) is 35.7 Å². The van der Waals surface area contributed by atoms with Gasteiger partial charge in [-0.2, -0.15) is 0 Å². The van der Waals surface area contributed by atoms with Gasteiger partial charge in [-0.3, -0.25) is 9.59 Å². The molecule has 2 aromatic carbocycles. The highest BCUT2D eigenvalue weighted by Crippen LogP contribution is 2.42. The van der Waals surface area contributed by atoms with Crippen LogP contribution in [-0.4, -0.2) is 97.7 Å². The van der Waals surface area contributed by atoms with Crippen molar-refractivity contribution in [2.45, 2.75) is 91.2 Å². The van der Waals surface area contributed by atoms with Crippen LogP contribution in [-0.2, 0) is 25.8 Å². The van der Waals surface area contributed by atoms with Crippen LogP contribution in [0.25, 0.3) is 44.8 Å². The van der Waals surface area contributed by atoms with Crippen molar-refractivity contribution in [1.29, 1.82) is 0 Å². The summed E-state index contributed by atoms with van der Waals surface area (Å²) in [7, 11) is 2.58. The third-order valence-electron chi connectivity index (χ3n) is 12.1. The summed E-state index contributed by atoms with van der Waals surface area (Å²) in [5, 5.41) is 6.47. The minimum atomic E-state index is -0.705. The molecule has 5 aromatic rings. The average molecular weight is 820 g/mol. The molecule has 4 N–H and O–H groups in total. The van der Waals surface area contributed by atoms with Crippen molar-refractivity contribution >= 4 is 34.9 Å². The summed E-state index contributed by atoms with van der Waals surface area (Å²) in [6.45, 7) is 11.1. The zero-order chi connectivity index (χ0) is 42.4. The van der Waals surface area contributed by atoms with Crippen LogP contribution < -0.4 is 15.4 Å². The number of methoxy groups -OCH3 is 2. The molecule has 0 saturated carbocycles. The second kappa shape index (κ2) is 16.4. The van der Waals surface area contributed by atoms with Crippen molar-refractivity contribution in [3.63, 3.8) is 0 Å². The van der Waals surface area contributed by atoms with E-state index in [0.717, 1.165) is 87.6 Å². The molecule has 0 aliphatic carbocycles. The van der Waals surface area contributed by atoms with Crippen LogP contribution in [0.4, 0.5) is 9.59 Å². The second-order valence-corrected chi connectivity index (χ2v) is 16.6. The van der Waals surface area contributed by atoms with Crippen LogP contribution in [0.5, 0.6) is 5.75 Å². The van der Waals surface area contributed by atoms with Crippen LogP contribution >= 0.6 is 0 Å². The van der Waals surface area contributed by atoms with E-state index in [4.69, 9.17) is 24.2 Å². The van der Waals surface area contributed by atoms with Crippen molar-refractivity contribution < 1.29 is 33.4 Å². The summed E-state index contributed by atoms with van der Waals surface area (Å²) < 4.78 is 18.1. The first kappa shape index (κ1) is 40.5. The summed E-state index contributed by atoms with van der Waals surface area (Å²) in [6, 6.07) is 12.7. The number of nitrogens with one attached hydrogen (secondary N) is 4. The van der Waals surface area contributed by atoms with Gasteiger partial charge in [-0.05, 0) is 80.8 Å². The van der Waals surface area contributed by atoms with E-state index in [1.165, 1.54) is 14.2 Å². The third-order valence-corrected chi connectivity index (χ3v) is 12.1. The SMILES string of the molecule is COC(=O)N[C@H](C(=O)N1CCC[C@H]1c1ncc(-c2ccc3c(c2)OCn2c-3cc3cc(-c4nc([C@@H]5CCCN5C(=O)[C@@H](NC(=O)OC)C(C)C)c(C)[nH]4)ccc32)[nH]1)C(C)C. The highest BCUT2D eigenvalue weighted by Gasteiger charge is 2.39. The Bertz CT molecular complexity index is 2450. The van der Waals surface area contributed by atoms with Crippen molar-refractivity contribution in [2.75, 3.05) is 27.3 Å². The van der Waals surface area contributed by atoms with Gasteiger partial charge in [0.05, 0.1) is 55.1 Å². The van der Waals surface area contributed by atoms with Gasteiger partial charge in [0.1, 0.15) is 29.5 Å². The number of carbonyl (C=O) groups excluding carboxylic acids is 4. The van der Waals surface area contributed by atoms with Crippen molar-refractivity contribution in [2.24, 2.45) is 11.8 Å². The first-order valence-corrected chi connectivity index (χ1v) is 20.7. The molecule has 2 fully saturated rings. The molecule has 4 amide bonds. The van der Waals surface area contributed by atoms with Crippen molar-refractivity contribution in [3.05, 3.63) is 65.9 Å². The maximum atomic E-state index is 13.8. The number of amides is 4. The molecule has 0 spiro atoms. The number of hydrogen-bond donors (Lipinski definition) is 4. The number of aryl methyl sites for hydroxylation is 1. The molecule has 3 aromatic heterocycles. The van der Waals surface area contributed by atoms with Crippen LogP contribution in [0.3, 0.4) is 0 Å². The number of carbonyl (C=O) groups is 4. The number of hydrogen-bond acceptors (Lipinski definition) is 9. The fourth-order valence-corrected chi connectivity index (χ4v) is 8.91. The Morgan fingerprint density at radius 2 is 1.45 bits per heavy atom. The number of imidazole rings is 2. The Kier molecular flexibility index (Phi) is 11.0. The van der Waals surface area contributed by atoms with Gasteiger partial charge in [-0.15, -0.1) is 0 Å². The third kappa shape index (κ3) is 7.43. The highest BCUT2D eigenvalue weighted by atomic mass is 16.5. The van der Waals surface area contributed by atoms with Gasteiger partial charge in [0.15, 0.2) is 6.73 Å². The van der Waals surface area contributed by atoms with E-state index < -0.39 is 24.3 Å². The van der Waals surface area contributed by atoms with E-state index >= 15 is 0 Å². The van der Waals surface area contributed by atoms with Crippen LogP contribution in [0.15, 0.2) is 48.7 Å². The Morgan fingerprint density at radius 3 is 2.10 bits per heavy atom. The lowest BCUT2D eigenvalue weighted by Gasteiger charge is -2.30. The molecular formula is C44H53N9O7. The van der Waals surface area contributed by atoms with E-state index in [2.05, 4.69) is 55.5 Å². The van der Waals surface area contributed by atoms with Crippen molar-refractivity contribution in [1.82, 2.24) is 44.9 Å². The highest BCUT2D eigenvalue weighted by molar-refractivity contribution is 5.92. The Balaban J connectivity index is 1.01.